The van der Waals surface area contributed by atoms with Crippen molar-refractivity contribution in [2.45, 2.75) is 13.3 Å². The van der Waals surface area contributed by atoms with Crippen LogP contribution in [-0.4, -0.2) is 29.3 Å². The van der Waals surface area contributed by atoms with E-state index in [0.717, 1.165) is 0 Å². The lowest BCUT2D eigenvalue weighted by Crippen LogP contribution is -2.14. The monoisotopic (exact) mass is 276 g/mol. The third kappa shape index (κ3) is 3.25. The molecule has 0 atom stereocenters. The number of para-hydroxylation sites is 1. The first kappa shape index (κ1) is 13.9. The van der Waals surface area contributed by atoms with E-state index in [1.807, 2.05) is 0 Å². The van der Waals surface area contributed by atoms with Crippen LogP contribution in [0, 0.1) is 0 Å². The van der Waals surface area contributed by atoms with Gasteiger partial charge in [-0.25, -0.2) is 4.79 Å². The number of hydrogen-bond acceptors (Lipinski definition) is 7. The fourth-order valence-corrected chi connectivity index (χ4v) is 1.75. The van der Waals surface area contributed by atoms with Gasteiger partial charge >= 0.3 is 5.97 Å². The molecule has 0 bridgehead atoms. The molecule has 0 aliphatic heterocycles. The molecule has 1 aromatic carbocycles. The van der Waals surface area contributed by atoms with Crippen LogP contribution in [0.25, 0.3) is 0 Å². The smallest absolute Gasteiger partial charge is 0.340 e. The average molecular weight is 276 g/mol. The zero-order valence-corrected chi connectivity index (χ0v) is 11.1. The van der Waals surface area contributed by atoms with Crippen LogP contribution in [0.2, 0.25) is 0 Å². The van der Waals surface area contributed by atoms with Crippen molar-refractivity contribution in [1.29, 1.82) is 0 Å². The lowest BCUT2D eigenvalue weighted by atomic mass is 10.1. The van der Waals surface area contributed by atoms with E-state index < -0.39 is 5.97 Å². The van der Waals surface area contributed by atoms with Crippen molar-refractivity contribution in [3.05, 3.63) is 36.0 Å². The Kier molecular flexibility index (Phi) is 4.54. The third-order valence-corrected chi connectivity index (χ3v) is 2.65. The number of benzene rings is 1. The summed E-state index contributed by atoms with van der Waals surface area (Å²) >= 11 is 0. The van der Waals surface area contributed by atoms with Crippen LogP contribution < -0.4 is 11.1 Å². The molecule has 20 heavy (non-hydrogen) atoms. The summed E-state index contributed by atoms with van der Waals surface area (Å²) < 4.78 is 9.65. The number of nitrogens with one attached hydrogen (secondary N) is 1. The number of carbonyl (C=O) groups is 1. The number of esters is 1. The van der Waals surface area contributed by atoms with Crippen LogP contribution in [0.15, 0.2) is 29.1 Å². The van der Waals surface area contributed by atoms with Crippen molar-refractivity contribution in [1.82, 2.24) is 10.1 Å². The number of nitrogens with zero attached hydrogens (tertiary/aromatic N) is 2. The number of aromatic nitrogens is 2. The summed E-state index contributed by atoms with van der Waals surface area (Å²) in [5.74, 6) is 0.187. The van der Waals surface area contributed by atoms with Gasteiger partial charge in [0.1, 0.15) is 0 Å². The Hall–Kier alpha value is -2.57. The molecular formula is C13H16N4O3. The van der Waals surface area contributed by atoms with Crippen LogP contribution in [0.5, 0.6) is 0 Å². The first-order valence-electron chi connectivity index (χ1n) is 6.27. The lowest BCUT2D eigenvalue weighted by Gasteiger charge is -2.13. The molecule has 0 spiro atoms. The normalized spacial score (nSPS) is 10.2. The van der Waals surface area contributed by atoms with Gasteiger partial charge in [0.15, 0.2) is 5.82 Å². The zero-order chi connectivity index (χ0) is 14.4. The van der Waals surface area contributed by atoms with Crippen molar-refractivity contribution in [3.63, 3.8) is 0 Å². The topological polar surface area (TPSA) is 103 Å². The second-order valence-corrected chi connectivity index (χ2v) is 4.01. The van der Waals surface area contributed by atoms with Gasteiger partial charge in [0.05, 0.1) is 23.5 Å². The molecule has 0 fully saturated rings. The van der Waals surface area contributed by atoms with Crippen LogP contribution in [0.4, 0.5) is 11.4 Å². The maximum atomic E-state index is 11.9. The Bertz CT molecular complexity index is 569. The second kappa shape index (κ2) is 6.55. The maximum absolute atomic E-state index is 11.9. The molecule has 7 nitrogen and oxygen atoms in total. The molecule has 3 N–H and O–H groups in total. The van der Waals surface area contributed by atoms with E-state index in [0.29, 0.717) is 42.3 Å². The molecule has 2 rings (SSSR count). The van der Waals surface area contributed by atoms with Crippen molar-refractivity contribution in [2.24, 2.45) is 0 Å². The van der Waals surface area contributed by atoms with Gasteiger partial charge in [-0.3, -0.25) is 0 Å². The van der Waals surface area contributed by atoms with Gasteiger partial charge in [0, 0.05) is 13.0 Å². The predicted molar refractivity (Wildman–Crippen MR) is 73.3 cm³/mol. The standard InChI is InChI=1S/C13H16N4O3/c1-2-19-13(18)9-4-3-5-10(14)12(9)15-7-6-11-16-8-20-17-11/h3-5,8,15H,2,6-7,14H2,1H3. The summed E-state index contributed by atoms with van der Waals surface area (Å²) in [5.41, 5.74) is 7.37. The molecule has 0 aliphatic carbocycles. The molecule has 1 aromatic heterocycles. The molecule has 7 heteroatoms. The Balaban J connectivity index is 2.07. The second-order valence-electron chi connectivity index (χ2n) is 4.01. The van der Waals surface area contributed by atoms with Crippen molar-refractivity contribution in [3.8, 4) is 0 Å². The average Bonchev–Trinajstić information content (AvgIpc) is 2.94. The van der Waals surface area contributed by atoms with E-state index >= 15 is 0 Å². The number of hydrogen-bond donors (Lipinski definition) is 2. The molecule has 1 heterocycles. The highest BCUT2D eigenvalue weighted by Crippen LogP contribution is 2.24. The predicted octanol–water partition coefficient (Wildman–Crippen LogP) is 1.48. The van der Waals surface area contributed by atoms with E-state index in [1.54, 1.807) is 25.1 Å². The van der Waals surface area contributed by atoms with Crippen molar-refractivity contribution in [2.75, 3.05) is 24.2 Å². The summed E-state index contributed by atoms with van der Waals surface area (Å²) in [4.78, 5) is 15.8. The molecule has 0 amide bonds. The van der Waals surface area contributed by atoms with Crippen molar-refractivity contribution >= 4 is 17.3 Å². The van der Waals surface area contributed by atoms with Gasteiger partial charge in [0.2, 0.25) is 6.39 Å². The highest BCUT2D eigenvalue weighted by atomic mass is 16.5. The summed E-state index contributed by atoms with van der Waals surface area (Å²) in [7, 11) is 0. The largest absolute Gasteiger partial charge is 0.462 e. The van der Waals surface area contributed by atoms with Gasteiger partial charge in [-0.2, -0.15) is 4.98 Å². The quantitative estimate of drug-likeness (QED) is 0.608. The Morgan fingerprint density at radius 2 is 2.35 bits per heavy atom. The van der Waals surface area contributed by atoms with Gasteiger partial charge in [-0.05, 0) is 19.1 Å². The van der Waals surface area contributed by atoms with Gasteiger partial charge in [-0.15, -0.1) is 0 Å². The molecule has 0 saturated heterocycles. The van der Waals surface area contributed by atoms with Gasteiger partial charge in [-0.1, -0.05) is 11.2 Å². The zero-order valence-electron chi connectivity index (χ0n) is 11.1. The lowest BCUT2D eigenvalue weighted by molar-refractivity contribution is 0.0527. The fourth-order valence-electron chi connectivity index (χ4n) is 1.75. The van der Waals surface area contributed by atoms with Crippen LogP contribution in [0.3, 0.4) is 0 Å². The maximum Gasteiger partial charge on any atom is 0.340 e. The van der Waals surface area contributed by atoms with Gasteiger partial charge in [0.25, 0.3) is 0 Å². The van der Waals surface area contributed by atoms with E-state index in [-0.39, 0.29) is 0 Å². The molecule has 106 valence electrons. The highest BCUT2D eigenvalue weighted by molar-refractivity contribution is 5.98. The van der Waals surface area contributed by atoms with Crippen LogP contribution in [-0.2, 0) is 11.2 Å². The number of nitrogen functional groups attached to an aromatic ring is 1. The van der Waals surface area contributed by atoms with Gasteiger partial charge < -0.3 is 20.3 Å². The third-order valence-electron chi connectivity index (χ3n) is 2.65. The minimum atomic E-state index is -0.401. The Morgan fingerprint density at radius 1 is 1.50 bits per heavy atom. The molecule has 0 aliphatic rings. The minimum absolute atomic E-state index is 0.315. The SMILES string of the molecule is CCOC(=O)c1cccc(N)c1NCCc1ncon1. The minimum Gasteiger partial charge on any atom is -0.462 e. The summed E-state index contributed by atoms with van der Waals surface area (Å²) in [6.45, 7) is 2.60. The summed E-state index contributed by atoms with van der Waals surface area (Å²) in [5, 5.41) is 6.82. The first-order valence-corrected chi connectivity index (χ1v) is 6.27. The van der Waals surface area contributed by atoms with E-state index in [1.165, 1.54) is 6.39 Å². The molecule has 0 saturated carbocycles. The molecule has 0 radical (unpaired) electrons. The number of nitrogens with two attached hydrogens (primary N) is 1. The Morgan fingerprint density at radius 3 is 3.05 bits per heavy atom. The molecule has 0 unspecified atom stereocenters. The number of anilines is 2. The van der Waals surface area contributed by atoms with Crippen molar-refractivity contribution < 1.29 is 14.1 Å². The summed E-state index contributed by atoms with van der Waals surface area (Å²) in [6.07, 6.45) is 1.84. The number of ether oxygens (including phenoxy) is 1. The van der Waals surface area contributed by atoms with Crippen LogP contribution in [0.1, 0.15) is 23.1 Å². The van der Waals surface area contributed by atoms with E-state index in [9.17, 15) is 4.79 Å². The van der Waals surface area contributed by atoms with Crippen LogP contribution >= 0.6 is 0 Å². The number of carbonyl (C=O) groups excluding carboxylic acids is 1. The van der Waals surface area contributed by atoms with E-state index in [4.69, 9.17) is 10.5 Å². The molecular weight excluding hydrogens is 260 g/mol. The Labute approximate surface area is 116 Å². The highest BCUT2D eigenvalue weighted by Gasteiger charge is 2.14. The number of rotatable bonds is 6. The van der Waals surface area contributed by atoms with E-state index in [2.05, 4.69) is 20.0 Å². The first-order chi connectivity index (χ1) is 9.72. The molecule has 2 aromatic rings. The summed E-state index contributed by atoms with van der Waals surface area (Å²) in [6, 6.07) is 5.11. The fraction of sp³-hybridized carbons (Fsp3) is 0.308.